The number of nitrogens with zero attached hydrogens (tertiary/aromatic N) is 1. The van der Waals surface area contributed by atoms with E-state index in [2.05, 4.69) is 5.32 Å². The molecule has 30 heavy (non-hydrogen) atoms. The Labute approximate surface area is 175 Å². The molecule has 1 unspecified atom stereocenters. The topological polar surface area (TPSA) is 88.1 Å². The standard InChI is InChI=1S/C23H26N2O5/c1-29-17-7-9-19(10-8-17)30-18-5-3-16(4-6-18)21(27)25-14-11-20(26)23(15-25)12-2-13-24-22(23)28/h3-10,20,26H,2,11-15H2,1H3,(H,24,28)/t20?,23-/m1/s1. The van der Waals surface area contributed by atoms with Crippen LogP contribution in [0.25, 0.3) is 0 Å². The van der Waals surface area contributed by atoms with Crippen molar-refractivity contribution in [3.05, 3.63) is 54.1 Å². The molecule has 7 nitrogen and oxygen atoms in total. The van der Waals surface area contributed by atoms with E-state index in [4.69, 9.17) is 9.47 Å². The van der Waals surface area contributed by atoms with E-state index in [1.165, 1.54) is 0 Å². The number of hydrogen-bond donors (Lipinski definition) is 2. The normalized spacial score (nSPS) is 23.7. The van der Waals surface area contributed by atoms with Gasteiger partial charge in [0, 0.05) is 25.2 Å². The molecule has 2 aromatic carbocycles. The Morgan fingerprint density at radius 2 is 1.73 bits per heavy atom. The first-order valence-electron chi connectivity index (χ1n) is 10.2. The van der Waals surface area contributed by atoms with Gasteiger partial charge in [-0.25, -0.2) is 0 Å². The van der Waals surface area contributed by atoms with Crippen molar-refractivity contribution in [1.29, 1.82) is 0 Å². The third-order valence-corrected chi connectivity index (χ3v) is 6.00. The van der Waals surface area contributed by atoms with Crippen molar-refractivity contribution < 1.29 is 24.2 Å². The molecule has 0 radical (unpaired) electrons. The summed E-state index contributed by atoms with van der Waals surface area (Å²) in [6.45, 7) is 1.29. The number of nitrogens with one attached hydrogen (secondary N) is 1. The van der Waals surface area contributed by atoms with Crippen molar-refractivity contribution in [2.24, 2.45) is 5.41 Å². The number of likely N-dealkylation sites (tertiary alicyclic amines) is 1. The van der Waals surface area contributed by atoms with E-state index in [0.29, 0.717) is 43.0 Å². The van der Waals surface area contributed by atoms with E-state index in [1.54, 1.807) is 36.3 Å². The van der Waals surface area contributed by atoms with Gasteiger partial charge in [-0.3, -0.25) is 9.59 Å². The maximum atomic E-state index is 13.0. The Morgan fingerprint density at radius 3 is 2.37 bits per heavy atom. The van der Waals surface area contributed by atoms with Gasteiger partial charge < -0.3 is 24.8 Å². The molecule has 2 N–H and O–H groups in total. The summed E-state index contributed by atoms with van der Waals surface area (Å²) in [5.41, 5.74) is -0.372. The quantitative estimate of drug-likeness (QED) is 0.809. The molecule has 2 fully saturated rings. The summed E-state index contributed by atoms with van der Waals surface area (Å²) in [6.07, 6.45) is 1.08. The molecule has 4 rings (SSSR count). The average Bonchev–Trinajstić information content (AvgIpc) is 2.78. The molecule has 0 bridgehead atoms. The molecule has 2 aliphatic heterocycles. The van der Waals surface area contributed by atoms with E-state index >= 15 is 0 Å². The lowest BCUT2D eigenvalue weighted by molar-refractivity contribution is -0.147. The fourth-order valence-electron chi connectivity index (χ4n) is 4.24. The number of methoxy groups -OCH3 is 1. The summed E-state index contributed by atoms with van der Waals surface area (Å²) in [5.74, 6) is 1.75. The van der Waals surface area contributed by atoms with Gasteiger partial charge in [0.1, 0.15) is 17.2 Å². The van der Waals surface area contributed by atoms with Crippen LogP contribution in [0.4, 0.5) is 0 Å². The molecule has 7 heteroatoms. The lowest BCUT2D eigenvalue weighted by Gasteiger charge is -2.46. The molecular formula is C23H26N2O5. The zero-order valence-electron chi connectivity index (χ0n) is 17.0. The third-order valence-electron chi connectivity index (χ3n) is 6.00. The van der Waals surface area contributed by atoms with Crippen LogP contribution in [0.1, 0.15) is 29.6 Å². The molecule has 2 atom stereocenters. The Morgan fingerprint density at radius 1 is 1.10 bits per heavy atom. The van der Waals surface area contributed by atoms with E-state index in [0.717, 1.165) is 12.2 Å². The first-order valence-corrected chi connectivity index (χ1v) is 10.2. The SMILES string of the molecule is COc1ccc(Oc2ccc(C(=O)N3CCC(O)[C@@]4(CCCNC4=O)C3)cc2)cc1. The van der Waals surface area contributed by atoms with Crippen LogP contribution in [0.15, 0.2) is 48.5 Å². The zero-order chi connectivity index (χ0) is 21.1. The number of aliphatic hydroxyl groups is 1. The van der Waals surface area contributed by atoms with Crippen molar-refractivity contribution in [2.75, 3.05) is 26.7 Å². The third kappa shape index (κ3) is 3.85. The zero-order valence-corrected chi connectivity index (χ0v) is 17.0. The maximum Gasteiger partial charge on any atom is 0.253 e. The Kier molecular flexibility index (Phi) is 5.63. The second kappa shape index (κ2) is 8.36. The summed E-state index contributed by atoms with van der Waals surface area (Å²) in [7, 11) is 1.61. The van der Waals surface area contributed by atoms with Crippen molar-refractivity contribution in [2.45, 2.75) is 25.4 Å². The first-order chi connectivity index (χ1) is 14.5. The Hall–Kier alpha value is -3.06. The number of piperidine rings is 2. The van der Waals surface area contributed by atoms with E-state index in [-0.39, 0.29) is 18.4 Å². The molecule has 2 amide bonds. The van der Waals surface area contributed by atoms with Crippen LogP contribution in [-0.2, 0) is 4.79 Å². The van der Waals surface area contributed by atoms with Gasteiger partial charge in [-0.05, 0) is 67.8 Å². The number of rotatable bonds is 4. The van der Waals surface area contributed by atoms with Gasteiger partial charge in [0.05, 0.1) is 18.6 Å². The Balaban J connectivity index is 1.44. The fourth-order valence-corrected chi connectivity index (χ4v) is 4.24. The molecule has 2 aliphatic rings. The number of hydrogen-bond acceptors (Lipinski definition) is 5. The molecular weight excluding hydrogens is 384 g/mol. The highest BCUT2D eigenvalue weighted by molar-refractivity contribution is 5.95. The largest absolute Gasteiger partial charge is 0.497 e. The predicted molar refractivity (Wildman–Crippen MR) is 111 cm³/mol. The number of amides is 2. The van der Waals surface area contributed by atoms with Crippen LogP contribution in [0.5, 0.6) is 17.2 Å². The molecule has 0 aliphatic carbocycles. The molecule has 2 heterocycles. The first kappa shape index (κ1) is 20.2. The van der Waals surface area contributed by atoms with Crippen LogP contribution >= 0.6 is 0 Å². The van der Waals surface area contributed by atoms with E-state index < -0.39 is 11.5 Å². The van der Waals surface area contributed by atoms with Gasteiger partial charge in [-0.15, -0.1) is 0 Å². The second-order valence-electron chi connectivity index (χ2n) is 7.85. The highest BCUT2D eigenvalue weighted by Gasteiger charge is 2.50. The predicted octanol–water partition coefficient (Wildman–Crippen LogP) is 2.59. The Bertz CT molecular complexity index is 912. The summed E-state index contributed by atoms with van der Waals surface area (Å²) in [6, 6.07) is 14.2. The summed E-state index contributed by atoms with van der Waals surface area (Å²) >= 11 is 0. The van der Waals surface area contributed by atoms with Crippen molar-refractivity contribution in [1.82, 2.24) is 10.2 Å². The summed E-state index contributed by atoms with van der Waals surface area (Å²) < 4.78 is 10.9. The van der Waals surface area contributed by atoms with Gasteiger partial charge >= 0.3 is 0 Å². The van der Waals surface area contributed by atoms with Gasteiger partial charge in [-0.2, -0.15) is 0 Å². The summed E-state index contributed by atoms with van der Waals surface area (Å²) in [5, 5.41) is 13.4. The minimum absolute atomic E-state index is 0.143. The van der Waals surface area contributed by atoms with Gasteiger partial charge in [0.25, 0.3) is 5.91 Å². The van der Waals surface area contributed by atoms with Gasteiger partial charge in [-0.1, -0.05) is 0 Å². The van der Waals surface area contributed by atoms with Crippen LogP contribution in [-0.4, -0.2) is 54.7 Å². The highest BCUT2D eigenvalue weighted by Crippen LogP contribution is 2.37. The molecule has 1 spiro atoms. The second-order valence-corrected chi connectivity index (χ2v) is 7.85. The van der Waals surface area contributed by atoms with Crippen LogP contribution in [0.3, 0.4) is 0 Å². The number of ether oxygens (including phenoxy) is 2. The van der Waals surface area contributed by atoms with Crippen LogP contribution < -0.4 is 14.8 Å². The highest BCUT2D eigenvalue weighted by atomic mass is 16.5. The minimum atomic E-state index is -0.899. The lowest BCUT2D eigenvalue weighted by Crippen LogP contribution is -2.62. The number of carbonyl (C=O) groups is 2. The van der Waals surface area contributed by atoms with E-state index in [9.17, 15) is 14.7 Å². The maximum absolute atomic E-state index is 13.0. The van der Waals surface area contributed by atoms with Crippen LogP contribution in [0, 0.1) is 5.41 Å². The lowest BCUT2D eigenvalue weighted by atomic mass is 9.71. The molecule has 2 aromatic rings. The summed E-state index contributed by atoms with van der Waals surface area (Å²) in [4.78, 5) is 27.2. The van der Waals surface area contributed by atoms with Gasteiger partial charge in [0.2, 0.25) is 5.91 Å². The van der Waals surface area contributed by atoms with Crippen molar-refractivity contribution in [3.8, 4) is 17.2 Å². The molecule has 0 saturated carbocycles. The van der Waals surface area contributed by atoms with Crippen molar-refractivity contribution in [3.63, 3.8) is 0 Å². The van der Waals surface area contributed by atoms with E-state index in [1.807, 2.05) is 24.3 Å². The fraction of sp³-hybridized carbons (Fsp3) is 0.391. The molecule has 0 aromatic heterocycles. The smallest absolute Gasteiger partial charge is 0.253 e. The minimum Gasteiger partial charge on any atom is -0.497 e. The number of benzene rings is 2. The van der Waals surface area contributed by atoms with Crippen LogP contribution in [0.2, 0.25) is 0 Å². The average molecular weight is 410 g/mol. The van der Waals surface area contributed by atoms with Gasteiger partial charge in [0.15, 0.2) is 0 Å². The molecule has 2 saturated heterocycles. The van der Waals surface area contributed by atoms with Crippen molar-refractivity contribution >= 4 is 11.8 Å². The molecule has 158 valence electrons. The number of carbonyl (C=O) groups excluding carboxylic acids is 2. The monoisotopic (exact) mass is 410 g/mol. The number of aliphatic hydroxyl groups excluding tert-OH is 1.